The predicted molar refractivity (Wildman–Crippen MR) is 72.6 cm³/mol. The van der Waals surface area contributed by atoms with E-state index in [4.69, 9.17) is 5.11 Å². The zero-order chi connectivity index (χ0) is 14.8. The number of anilines is 1. The summed E-state index contributed by atoms with van der Waals surface area (Å²) in [4.78, 5) is 1.82. The van der Waals surface area contributed by atoms with Crippen LogP contribution >= 0.6 is 0 Å². The summed E-state index contributed by atoms with van der Waals surface area (Å²) < 4.78 is 39.5. The van der Waals surface area contributed by atoms with Crippen molar-refractivity contribution in [1.29, 1.82) is 0 Å². The average Bonchev–Trinajstić information content (AvgIpc) is 2.86. The molecule has 0 bridgehead atoms. The molecule has 0 saturated carbocycles. The number of aliphatic hydroxyl groups is 1. The summed E-state index contributed by atoms with van der Waals surface area (Å²) in [5.74, 6) is 0.485. The topological polar surface area (TPSA) is 23.5 Å². The largest absolute Gasteiger partial charge is 0.418 e. The van der Waals surface area contributed by atoms with Gasteiger partial charge >= 0.3 is 6.18 Å². The highest BCUT2D eigenvalue weighted by atomic mass is 19.4. The lowest BCUT2D eigenvalue weighted by Crippen LogP contribution is -2.23. The highest BCUT2D eigenvalue weighted by molar-refractivity contribution is 5.57. The molecule has 1 aromatic carbocycles. The van der Waals surface area contributed by atoms with Gasteiger partial charge in [0.1, 0.15) is 0 Å². The Morgan fingerprint density at radius 1 is 1.35 bits per heavy atom. The molecule has 0 amide bonds. The normalized spacial score (nSPS) is 19.6. The van der Waals surface area contributed by atoms with Crippen molar-refractivity contribution in [3.63, 3.8) is 0 Å². The first-order valence-corrected chi connectivity index (χ1v) is 7.01. The summed E-state index contributed by atoms with van der Waals surface area (Å²) in [5.41, 5.74) is -0.0973. The van der Waals surface area contributed by atoms with E-state index in [1.807, 2.05) is 4.90 Å². The fourth-order valence-electron chi connectivity index (χ4n) is 2.88. The summed E-state index contributed by atoms with van der Waals surface area (Å²) in [5, 5.41) is 9.02. The van der Waals surface area contributed by atoms with Crippen LogP contribution < -0.4 is 4.90 Å². The van der Waals surface area contributed by atoms with Gasteiger partial charge < -0.3 is 10.0 Å². The van der Waals surface area contributed by atoms with E-state index in [0.29, 0.717) is 24.6 Å². The molecule has 1 saturated heterocycles. The van der Waals surface area contributed by atoms with Crippen LogP contribution in [0.3, 0.4) is 0 Å². The van der Waals surface area contributed by atoms with Crippen LogP contribution in [0.2, 0.25) is 0 Å². The summed E-state index contributed by atoms with van der Waals surface area (Å²) in [6.07, 6.45) is -1.31. The van der Waals surface area contributed by atoms with Crippen molar-refractivity contribution in [3.05, 3.63) is 29.3 Å². The smallest absolute Gasteiger partial charge is 0.392 e. The molecule has 2 nitrogen and oxygen atoms in total. The van der Waals surface area contributed by atoms with Crippen molar-refractivity contribution in [1.82, 2.24) is 0 Å². The third-order valence-corrected chi connectivity index (χ3v) is 3.87. The van der Waals surface area contributed by atoms with Crippen LogP contribution in [0, 0.1) is 5.92 Å². The molecule has 1 N–H and O–H groups in total. The Hall–Kier alpha value is -1.23. The number of halogens is 3. The average molecular weight is 287 g/mol. The third kappa shape index (κ3) is 3.26. The van der Waals surface area contributed by atoms with E-state index in [9.17, 15) is 13.2 Å². The molecule has 0 aromatic heterocycles. The van der Waals surface area contributed by atoms with Crippen molar-refractivity contribution in [2.24, 2.45) is 5.92 Å². The van der Waals surface area contributed by atoms with Gasteiger partial charge in [-0.3, -0.25) is 0 Å². The minimum atomic E-state index is -4.39. The lowest BCUT2D eigenvalue weighted by atomic mass is 10.0. The predicted octanol–water partition coefficient (Wildman–Crippen LogP) is 3.82. The molecule has 0 radical (unpaired) electrons. The summed E-state index contributed by atoms with van der Waals surface area (Å²) in [6.45, 7) is 3.09. The summed E-state index contributed by atoms with van der Waals surface area (Å²) in [6, 6.07) is 4.11. The van der Waals surface area contributed by atoms with Crippen molar-refractivity contribution >= 4 is 5.69 Å². The van der Waals surface area contributed by atoms with E-state index < -0.39 is 11.7 Å². The van der Waals surface area contributed by atoms with E-state index in [1.54, 1.807) is 6.07 Å². The Bertz CT molecular complexity index is 459. The number of alkyl halides is 3. The van der Waals surface area contributed by atoms with Crippen LogP contribution in [0.25, 0.3) is 0 Å². The standard InChI is InChI=1S/C15H20F3NO/c1-2-3-11-6-7-19(9-11)14-5-4-12(10-20)8-13(14)15(16,17)18/h4-5,8,11,20H,2-3,6-7,9-10H2,1H3. The molecule has 5 heteroatoms. The van der Waals surface area contributed by atoms with Crippen molar-refractivity contribution in [3.8, 4) is 0 Å². The molecule has 20 heavy (non-hydrogen) atoms. The molecule has 2 rings (SSSR count). The number of hydrogen-bond donors (Lipinski definition) is 1. The molecule has 1 aromatic rings. The van der Waals surface area contributed by atoms with Crippen LogP contribution in [0.15, 0.2) is 18.2 Å². The van der Waals surface area contributed by atoms with Crippen LogP contribution in [0.5, 0.6) is 0 Å². The molecular weight excluding hydrogens is 267 g/mol. The van der Waals surface area contributed by atoms with Crippen molar-refractivity contribution in [2.75, 3.05) is 18.0 Å². The number of rotatable bonds is 4. The van der Waals surface area contributed by atoms with Gasteiger partial charge in [0.25, 0.3) is 0 Å². The molecule has 112 valence electrons. The second-order valence-corrected chi connectivity index (χ2v) is 5.40. The first kappa shape index (κ1) is 15.2. The summed E-state index contributed by atoms with van der Waals surface area (Å²) in [7, 11) is 0. The van der Waals surface area contributed by atoms with Gasteiger partial charge in [-0.25, -0.2) is 0 Å². The number of benzene rings is 1. The van der Waals surface area contributed by atoms with Gasteiger partial charge in [-0.1, -0.05) is 19.4 Å². The zero-order valence-electron chi connectivity index (χ0n) is 11.6. The van der Waals surface area contributed by atoms with Crippen molar-refractivity contribution < 1.29 is 18.3 Å². The van der Waals surface area contributed by atoms with Gasteiger partial charge in [0.15, 0.2) is 0 Å². The molecule has 1 aliphatic heterocycles. The van der Waals surface area contributed by atoms with E-state index in [2.05, 4.69) is 6.92 Å². The Balaban J connectivity index is 2.27. The molecule has 1 aliphatic rings. The van der Waals surface area contributed by atoms with E-state index in [1.165, 1.54) is 6.07 Å². The molecule has 0 aliphatic carbocycles. The summed E-state index contributed by atoms with van der Waals surface area (Å²) >= 11 is 0. The van der Waals surface area contributed by atoms with Gasteiger partial charge in [0, 0.05) is 18.8 Å². The fourth-order valence-corrected chi connectivity index (χ4v) is 2.88. The lowest BCUT2D eigenvalue weighted by Gasteiger charge is -2.24. The minimum Gasteiger partial charge on any atom is -0.392 e. The van der Waals surface area contributed by atoms with Gasteiger partial charge in [-0.2, -0.15) is 13.2 Å². The number of nitrogens with zero attached hydrogens (tertiary/aromatic N) is 1. The number of aliphatic hydroxyl groups excluding tert-OH is 1. The molecule has 1 heterocycles. The van der Waals surface area contributed by atoms with Crippen LogP contribution in [-0.2, 0) is 12.8 Å². The molecule has 1 atom stereocenters. The van der Waals surface area contributed by atoms with Gasteiger partial charge in [-0.05, 0) is 36.5 Å². The zero-order valence-corrected chi connectivity index (χ0v) is 11.6. The lowest BCUT2D eigenvalue weighted by molar-refractivity contribution is -0.137. The molecule has 0 spiro atoms. The Morgan fingerprint density at radius 2 is 2.10 bits per heavy atom. The maximum absolute atomic E-state index is 13.2. The SMILES string of the molecule is CCCC1CCN(c2ccc(CO)cc2C(F)(F)F)C1. The quantitative estimate of drug-likeness (QED) is 0.910. The van der Waals surface area contributed by atoms with Crippen LogP contribution in [0.1, 0.15) is 37.3 Å². The molecular formula is C15H20F3NO. The van der Waals surface area contributed by atoms with Crippen LogP contribution in [0.4, 0.5) is 18.9 Å². The maximum atomic E-state index is 13.2. The second kappa shape index (κ2) is 6.04. The number of hydrogen-bond acceptors (Lipinski definition) is 2. The first-order valence-electron chi connectivity index (χ1n) is 7.01. The highest BCUT2D eigenvalue weighted by Crippen LogP contribution is 2.39. The van der Waals surface area contributed by atoms with Gasteiger partial charge in [-0.15, -0.1) is 0 Å². The molecule has 1 fully saturated rings. The van der Waals surface area contributed by atoms with E-state index >= 15 is 0 Å². The first-order chi connectivity index (χ1) is 9.45. The maximum Gasteiger partial charge on any atom is 0.418 e. The Kier molecular flexibility index (Phi) is 4.58. The van der Waals surface area contributed by atoms with Crippen LogP contribution in [-0.4, -0.2) is 18.2 Å². The monoisotopic (exact) mass is 287 g/mol. The van der Waals surface area contributed by atoms with Gasteiger partial charge in [0.2, 0.25) is 0 Å². The second-order valence-electron chi connectivity index (χ2n) is 5.40. The minimum absolute atomic E-state index is 0.244. The van der Waals surface area contributed by atoms with E-state index in [0.717, 1.165) is 25.3 Å². The highest BCUT2D eigenvalue weighted by Gasteiger charge is 2.36. The molecule has 1 unspecified atom stereocenters. The Morgan fingerprint density at radius 3 is 2.70 bits per heavy atom. The van der Waals surface area contributed by atoms with E-state index in [-0.39, 0.29) is 12.3 Å². The van der Waals surface area contributed by atoms with Gasteiger partial charge in [0.05, 0.1) is 12.2 Å². The van der Waals surface area contributed by atoms with Crippen molar-refractivity contribution in [2.45, 2.75) is 39.0 Å². The third-order valence-electron chi connectivity index (χ3n) is 3.87. The Labute approximate surface area is 117 Å². The fraction of sp³-hybridized carbons (Fsp3) is 0.600.